The molecule has 1 aromatic heterocycles. The van der Waals surface area contributed by atoms with Crippen LogP contribution in [0.5, 0.6) is 0 Å². The smallest absolute Gasteiger partial charge is 0.0660 e. The molecule has 0 bridgehead atoms. The summed E-state index contributed by atoms with van der Waals surface area (Å²) in [5, 5.41) is 4.99. The number of benzene rings is 1. The highest BCUT2D eigenvalue weighted by atomic mass is 35.5. The van der Waals surface area contributed by atoms with Gasteiger partial charge in [0.2, 0.25) is 0 Å². The molecule has 0 amide bonds. The minimum absolute atomic E-state index is 0.732. The largest absolute Gasteiger partial charge is 0.241 e. The third-order valence-electron chi connectivity index (χ3n) is 2.12. The van der Waals surface area contributed by atoms with Gasteiger partial charge in [-0.1, -0.05) is 24.6 Å². The number of aromatic nitrogens is 2. The molecule has 2 rings (SSSR count). The highest BCUT2D eigenvalue weighted by molar-refractivity contribution is 6.30. The second-order valence-electron chi connectivity index (χ2n) is 3.13. The zero-order valence-electron chi connectivity index (χ0n) is 7.94. The van der Waals surface area contributed by atoms with E-state index in [4.69, 9.17) is 11.6 Å². The Balaban J connectivity index is 2.39. The molecule has 2 aromatic rings. The van der Waals surface area contributed by atoms with E-state index in [1.54, 1.807) is 0 Å². The Labute approximate surface area is 88.1 Å². The number of hydrogen-bond donors (Lipinski definition) is 0. The number of aryl methyl sites for hydroxylation is 1. The molecular weight excluding hydrogens is 196 g/mol. The molecule has 0 radical (unpaired) electrons. The quantitative estimate of drug-likeness (QED) is 0.739. The first-order valence-electron chi connectivity index (χ1n) is 4.59. The Hall–Kier alpha value is -1.28. The summed E-state index contributed by atoms with van der Waals surface area (Å²) < 4.78 is 1.84. The van der Waals surface area contributed by atoms with Crippen molar-refractivity contribution < 1.29 is 0 Å². The van der Waals surface area contributed by atoms with E-state index < -0.39 is 0 Å². The lowest BCUT2D eigenvalue weighted by Crippen LogP contribution is -1.93. The molecule has 0 saturated heterocycles. The number of hydrogen-bond acceptors (Lipinski definition) is 1. The van der Waals surface area contributed by atoms with Crippen LogP contribution in [-0.2, 0) is 6.42 Å². The van der Waals surface area contributed by atoms with Gasteiger partial charge in [0.1, 0.15) is 0 Å². The van der Waals surface area contributed by atoms with Gasteiger partial charge in [-0.2, -0.15) is 5.10 Å². The summed E-state index contributed by atoms with van der Waals surface area (Å²) in [5.74, 6) is 0. The summed E-state index contributed by atoms with van der Waals surface area (Å²) in [4.78, 5) is 0. The van der Waals surface area contributed by atoms with E-state index in [0.717, 1.165) is 17.1 Å². The molecule has 0 N–H and O–H groups in total. The van der Waals surface area contributed by atoms with E-state index in [2.05, 4.69) is 12.0 Å². The molecule has 0 aliphatic heterocycles. The van der Waals surface area contributed by atoms with Crippen LogP contribution in [0.1, 0.15) is 12.5 Å². The normalized spacial score (nSPS) is 10.4. The standard InChI is InChI=1S/C11H11ClN2/c1-2-9-7-13-14(8-9)11-5-3-4-10(12)6-11/h3-8H,2H2,1H3. The van der Waals surface area contributed by atoms with Crippen LogP contribution in [0.25, 0.3) is 5.69 Å². The minimum atomic E-state index is 0.732. The molecule has 1 heterocycles. The molecule has 0 saturated carbocycles. The first kappa shape index (κ1) is 9.28. The second-order valence-corrected chi connectivity index (χ2v) is 3.56. The summed E-state index contributed by atoms with van der Waals surface area (Å²) in [6, 6.07) is 7.66. The zero-order valence-corrected chi connectivity index (χ0v) is 8.70. The third kappa shape index (κ3) is 1.80. The molecule has 1 aromatic carbocycles. The molecular formula is C11H11ClN2. The van der Waals surface area contributed by atoms with Crippen molar-refractivity contribution in [3.8, 4) is 5.69 Å². The Morgan fingerprint density at radius 2 is 2.29 bits per heavy atom. The zero-order chi connectivity index (χ0) is 9.97. The molecule has 0 unspecified atom stereocenters. The van der Waals surface area contributed by atoms with Gasteiger partial charge in [-0.05, 0) is 30.2 Å². The topological polar surface area (TPSA) is 17.8 Å². The molecule has 0 aliphatic rings. The highest BCUT2D eigenvalue weighted by Gasteiger charge is 1.99. The van der Waals surface area contributed by atoms with Gasteiger partial charge in [-0.3, -0.25) is 0 Å². The highest BCUT2D eigenvalue weighted by Crippen LogP contribution is 2.14. The van der Waals surface area contributed by atoms with Gasteiger partial charge in [-0.15, -0.1) is 0 Å². The van der Waals surface area contributed by atoms with Crippen molar-refractivity contribution >= 4 is 11.6 Å². The van der Waals surface area contributed by atoms with Crippen molar-refractivity contribution in [2.45, 2.75) is 13.3 Å². The molecule has 0 aliphatic carbocycles. The lowest BCUT2D eigenvalue weighted by Gasteiger charge is -2.00. The Kier molecular flexibility index (Phi) is 2.55. The number of halogens is 1. The monoisotopic (exact) mass is 206 g/mol. The molecule has 2 nitrogen and oxygen atoms in total. The molecule has 0 spiro atoms. The maximum absolute atomic E-state index is 5.89. The number of rotatable bonds is 2. The molecule has 3 heteroatoms. The lowest BCUT2D eigenvalue weighted by atomic mass is 10.3. The van der Waals surface area contributed by atoms with Crippen LogP contribution in [-0.4, -0.2) is 9.78 Å². The fourth-order valence-electron chi connectivity index (χ4n) is 1.30. The van der Waals surface area contributed by atoms with Crippen LogP contribution in [0.4, 0.5) is 0 Å². The van der Waals surface area contributed by atoms with Gasteiger partial charge >= 0.3 is 0 Å². The first-order chi connectivity index (χ1) is 6.79. The predicted octanol–water partition coefficient (Wildman–Crippen LogP) is 3.09. The van der Waals surface area contributed by atoms with Gasteiger partial charge in [0.15, 0.2) is 0 Å². The maximum atomic E-state index is 5.89. The van der Waals surface area contributed by atoms with Crippen LogP contribution in [0.2, 0.25) is 5.02 Å². The average Bonchev–Trinajstić information content (AvgIpc) is 2.66. The van der Waals surface area contributed by atoms with Crippen molar-refractivity contribution in [1.29, 1.82) is 0 Å². The Morgan fingerprint density at radius 1 is 1.43 bits per heavy atom. The first-order valence-corrected chi connectivity index (χ1v) is 4.97. The van der Waals surface area contributed by atoms with Crippen LogP contribution in [0.15, 0.2) is 36.7 Å². The van der Waals surface area contributed by atoms with Crippen LogP contribution in [0, 0.1) is 0 Å². The van der Waals surface area contributed by atoms with E-state index in [-0.39, 0.29) is 0 Å². The van der Waals surface area contributed by atoms with Crippen molar-refractivity contribution in [3.05, 3.63) is 47.2 Å². The summed E-state index contributed by atoms with van der Waals surface area (Å²) >= 11 is 5.89. The Morgan fingerprint density at radius 3 is 2.93 bits per heavy atom. The van der Waals surface area contributed by atoms with Gasteiger partial charge in [-0.25, -0.2) is 4.68 Å². The molecule has 0 fully saturated rings. The van der Waals surface area contributed by atoms with Crippen molar-refractivity contribution in [2.75, 3.05) is 0 Å². The van der Waals surface area contributed by atoms with E-state index in [0.29, 0.717) is 0 Å². The van der Waals surface area contributed by atoms with E-state index >= 15 is 0 Å². The third-order valence-corrected chi connectivity index (χ3v) is 2.35. The minimum Gasteiger partial charge on any atom is -0.241 e. The Bertz CT molecular complexity index is 434. The van der Waals surface area contributed by atoms with Crippen molar-refractivity contribution in [3.63, 3.8) is 0 Å². The molecule has 72 valence electrons. The summed E-state index contributed by atoms with van der Waals surface area (Å²) in [6.45, 7) is 2.11. The van der Waals surface area contributed by atoms with Crippen molar-refractivity contribution in [1.82, 2.24) is 9.78 Å². The fourth-order valence-corrected chi connectivity index (χ4v) is 1.49. The van der Waals surface area contributed by atoms with Crippen molar-refractivity contribution in [2.24, 2.45) is 0 Å². The average molecular weight is 207 g/mol. The SMILES string of the molecule is CCc1cnn(-c2cccc(Cl)c2)c1. The van der Waals surface area contributed by atoms with Crippen LogP contribution >= 0.6 is 11.6 Å². The summed E-state index contributed by atoms with van der Waals surface area (Å²) in [6.07, 6.45) is 4.90. The van der Waals surface area contributed by atoms with Gasteiger partial charge in [0, 0.05) is 11.2 Å². The second kappa shape index (κ2) is 3.84. The van der Waals surface area contributed by atoms with E-state index in [9.17, 15) is 0 Å². The van der Waals surface area contributed by atoms with Gasteiger partial charge in [0.25, 0.3) is 0 Å². The van der Waals surface area contributed by atoms with Crippen LogP contribution < -0.4 is 0 Å². The lowest BCUT2D eigenvalue weighted by molar-refractivity contribution is 0.880. The summed E-state index contributed by atoms with van der Waals surface area (Å²) in [5.41, 5.74) is 2.22. The fraction of sp³-hybridized carbons (Fsp3) is 0.182. The number of nitrogens with zero attached hydrogens (tertiary/aromatic N) is 2. The van der Waals surface area contributed by atoms with Crippen LogP contribution in [0.3, 0.4) is 0 Å². The van der Waals surface area contributed by atoms with E-state index in [1.165, 1.54) is 5.56 Å². The predicted molar refractivity (Wildman–Crippen MR) is 58.0 cm³/mol. The van der Waals surface area contributed by atoms with E-state index in [1.807, 2.05) is 41.3 Å². The molecule has 14 heavy (non-hydrogen) atoms. The van der Waals surface area contributed by atoms with Gasteiger partial charge in [0.05, 0.1) is 11.9 Å². The molecule has 0 atom stereocenters. The van der Waals surface area contributed by atoms with Gasteiger partial charge < -0.3 is 0 Å². The summed E-state index contributed by atoms with van der Waals surface area (Å²) in [7, 11) is 0. The maximum Gasteiger partial charge on any atom is 0.0660 e.